The van der Waals surface area contributed by atoms with Crippen LogP contribution in [0.25, 0.3) is 11.1 Å². The number of hydrogen-bond donors (Lipinski definition) is 3. The molecule has 1 aliphatic carbocycles. The predicted molar refractivity (Wildman–Crippen MR) is 130 cm³/mol. The molecule has 8 nitrogen and oxygen atoms in total. The number of rotatable bonds is 9. The van der Waals surface area contributed by atoms with Gasteiger partial charge in [0.1, 0.15) is 6.61 Å². The molecule has 0 fully saturated rings. The number of carboxylic acid groups (broad SMARTS) is 1. The Kier molecular flexibility index (Phi) is 7.42. The summed E-state index contributed by atoms with van der Waals surface area (Å²) in [5.41, 5.74) is 5.50. The van der Waals surface area contributed by atoms with E-state index in [2.05, 4.69) is 22.8 Å². The number of anilines is 1. The largest absolute Gasteiger partial charge is 0.481 e. The van der Waals surface area contributed by atoms with Crippen LogP contribution < -0.4 is 10.6 Å². The van der Waals surface area contributed by atoms with E-state index >= 15 is 0 Å². The minimum atomic E-state index is -0.962. The van der Waals surface area contributed by atoms with Crippen LogP contribution in [0.4, 0.5) is 10.5 Å². The molecule has 3 aromatic rings. The second-order valence-electron chi connectivity index (χ2n) is 8.19. The first-order valence-corrected chi connectivity index (χ1v) is 11.2. The van der Waals surface area contributed by atoms with E-state index in [1.807, 2.05) is 36.4 Å². The number of carbonyl (C=O) groups is 3. The van der Waals surface area contributed by atoms with Crippen molar-refractivity contribution in [1.82, 2.24) is 5.32 Å². The zero-order chi connectivity index (χ0) is 24.8. The fourth-order valence-corrected chi connectivity index (χ4v) is 4.26. The van der Waals surface area contributed by atoms with Crippen LogP contribution in [0.5, 0.6) is 0 Å². The van der Waals surface area contributed by atoms with Crippen molar-refractivity contribution in [3.05, 3.63) is 89.5 Å². The molecule has 0 heterocycles. The molecule has 0 aliphatic heterocycles. The average molecular weight is 475 g/mol. The highest BCUT2D eigenvalue weighted by Crippen LogP contribution is 2.44. The molecule has 0 saturated heterocycles. The van der Waals surface area contributed by atoms with Gasteiger partial charge < -0.3 is 25.2 Å². The van der Waals surface area contributed by atoms with E-state index in [-0.39, 0.29) is 25.5 Å². The van der Waals surface area contributed by atoms with Gasteiger partial charge in [-0.05, 0) is 39.9 Å². The lowest BCUT2D eigenvalue weighted by Gasteiger charge is -2.18. The third-order valence-electron chi connectivity index (χ3n) is 5.90. The summed E-state index contributed by atoms with van der Waals surface area (Å²) in [6, 6.07) is 22.7. The Morgan fingerprint density at radius 1 is 0.943 bits per heavy atom. The van der Waals surface area contributed by atoms with E-state index in [4.69, 9.17) is 14.6 Å². The Bertz CT molecular complexity index is 1200. The molecule has 0 bridgehead atoms. The Labute approximate surface area is 202 Å². The number of methoxy groups -OCH3 is 1. The van der Waals surface area contributed by atoms with Crippen LogP contribution in [0.1, 0.15) is 22.6 Å². The Hall–Kier alpha value is -4.17. The zero-order valence-electron chi connectivity index (χ0n) is 19.2. The van der Waals surface area contributed by atoms with Crippen LogP contribution >= 0.6 is 0 Å². The van der Waals surface area contributed by atoms with Crippen LogP contribution in [-0.4, -0.2) is 49.4 Å². The maximum atomic E-state index is 12.6. The molecular weight excluding hydrogens is 448 g/mol. The molecule has 0 radical (unpaired) electrons. The minimum Gasteiger partial charge on any atom is -0.481 e. The number of aliphatic carboxylic acids is 1. The molecule has 4 rings (SSSR count). The van der Waals surface area contributed by atoms with E-state index in [0.717, 1.165) is 22.3 Å². The third-order valence-corrected chi connectivity index (χ3v) is 5.90. The molecule has 35 heavy (non-hydrogen) atoms. The zero-order valence-corrected chi connectivity index (χ0v) is 19.2. The third kappa shape index (κ3) is 5.67. The molecule has 1 atom stereocenters. The van der Waals surface area contributed by atoms with Gasteiger partial charge in [-0.3, -0.25) is 9.59 Å². The van der Waals surface area contributed by atoms with Crippen molar-refractivity contribution in [2.45, 2.75) is 18.4 Å². The Morgan fingerprint density at radius 2 is 1.60 bits per heavy atom. The lowest BCUT2D eigenvalue weighted by molar-refractivity contribution is -0.136. The van der Waals surface area contributed by atoms with Crippen molar-refractivity contribution in [2.75, 3.05) is 25.6 Å². The van der Waals surface area contributed by atoms with Crippen molar-refractivity contribution in [3.63, 3.8) is 0 Å². The summed E-state index contributed by atoms with van der Waals surface area (Å²) < 4.78 is 10.7. The lowest BCUT2D eigenvalue weighted by atomic mass is 9.98. The van der Waals surface area contributed by atoms with E-state index in [9.17, 15) is 14.4 Å². The first-order valence-electron chi connectivity index (χ1n) is 11.2. The number of nitrogens with one attached hydrogen (secondary N) is 2. The monoisotopic (exact) mass is 474 g/mol. The molecule has 1 aliphatic rings. The fourth-order valence-electron chi connectivity index (χ4n) is 4.26. The summed E-state index contributed by atoms with van der Waals surface area (Å²) in [7, 11) is 1.37. The van der Waals surface area contributed by atoms with E-state index in [0.29, 0.717) is 11.3 Å². The summed E-state index contributed by atoms with van der Waals surface area (Å²) in [6.45, 7) is 0.0773. The van der Waals surface area contributed by atoms with Crippen molar-refractivity contribution >= 4 is 23.7 Å². The number of benzene rings is 3. The highest BCUT2D eigenvalue weighted by molar-refractivity contribution is 5.94. The van der Waals surface area contributed by atoms with Gasteiger partial charge in [0.2, 0.25) is 0 Å². The van der Waals surface area contributed by atoms with Crippen molar-refractivity contribution in [1.29, 1.82) is 0 Å². The maximum Gasteiger partial charge on any atom is 0.407 e. The number of alkyl carbamates (subject to hydrolysis) is 1. The number of carboxylic acids is 1. The maximum absolute atomic E-state index is 12.6. The number of amides is 2. The summed E-state index contributed by atoms with van der Waals surface area (Å²) >= 11 is 0. The Balaban J connectivity index is 1.31. The van der Waals surface area contributed by atoms with Gasteiger partial charge in [-0.25, -0.2) is 4.79 Å². The predicted octanol–water partition coefficient (Wildman–Crippen LogP) is 3.81. The van der Waals surface area contributed by atoms with Gasteiger partial charge in [0.15, 0.2) is 6.10 Å². The lowest BCUT2D eigenvalue weighted by Crippen LogP contribution is -2.41. The molecule has 0 spiro atoms. The summed E-state index contributed by atoms with van der Waals surface area (Å²) in [5, 5.41) is 14.2. The van der Waals surface area contributed by atoms with Crippen LogP contribution in [0.15, 0.2) is 72.8 Å². The highest BCUT2D eigenvalue weighted by atomic mass is 16.5. The summed E-state index contributed by atoms with van der Waals surface area (Å²) in [5.74, 6) is -1.50. The number of ether oxygens (including phenoxy) is 2. The van der Waals surface area contributed by atoms with E-state index in [1.54, 1.807) is 24.3 Å². The van der Waals surface area contributed by atoms with Crippen molar-refractivity contribution < 1.29 is 29.0 Å². The van der Waals surface area contributed by atoms with Gasteiger partial charge in [-0.15, -0.1) is 0 Å². The topological polar surface area (TPSA) is 114 Å². The summed E-state index contributed by atoms with van der Waals surface area (Å²) in [4.78, 5) is 35.9. The average Bonchev–Trinajstić information content (AvgIpc) is 3.16. The molecule has 0 aromatic heterocycles. The van der Waals surface area contributed by atoms with Crippen LogP contribution in [-0.2, 0) is 25.5 Å². The summed E-state index contributed by atoms with van der Waals surface area (Å²) in [6.07, 6.45) is -1.76. The molecule has 3 N–H and O–H groups in total. The van der Waals surface area contributed by atoms with Gasteiger partial charge in [0, 0.05) is 18.7 Å². The van der Waals surface area contributed by atoms with Crippen LogP contribution in [0.2, 0.25) is 0 Å². The molecule has 3 aromatic carbocycles. The van der Waals surface area contributed by atoms with Crippen LogP contribution in [0, 0.1) is 0 Å². The van der Waals surface area contributed by atoms with Gasteiger partial charge in [-0.2, -0.15) is 0 Å². The smallest absolute Gasteiger partial charge is 0.407 e. The highest BCUT2D eigenvalue weighted by Gasteiger charge is 2.29. The molecule has 1 unspecified atom stereocenters. The van der Waals surface area contributed by atoms with Gasteiger partial charge in [0.25, 0.3) is 5.91 Å². The van der Waals surface area contributed by atoms with E-state index < -0.39 is 24.1 Å². The minimum absolute atomic E-state index is 0.0623. The molecule has 2 amide bonds. The molecular formula is C27H26N2O6. The van der Waals surface area contributed by atoms with Gasteiger partial charge in [-0.1, -0.05) is 60.7 Å². The first-order chi connectivity index (χ1) is 17.0. The van der Waals surface area contributed by atoms with Crippen LogP contribution in [0.3, 0.4) is 0 Å². The molecule has 0 saturated carbocycles. The second kappa shape index (κ2) is 10.8. The fraction of sp³-hybridized carbons (Fsp3) is 0.222. The quantitative estimate of drug-likeness (QED) is 0.435. The molecule has 8 heteroatoms. The number of carbonyl (C=O) groups excluding carboxylic acids is 2. The van der Waals surface area contributed by atoms with Crippen molar-refractivity contribution in [2.24, 2.45) is 0 Å². The van der Waals surface area contributed by atoms with Gasteiger partial charge >= 0.3 is 12.1 Å². The first kappa shape index (κ1) is 24.0. The Morgan fingerprint density at radius 3 is 2.23 bits per heavy atom. The standard InChI is InChI=1S/C27H26N2O6/c1-34-24(26(32)29-18-8-6-7-17(13-18)14-25(30)31)15-28-27(33)35-16-23-21-11-4-2-9-19(21)20-10-3-5-12-22(20)23/h2-13,23-24H,14-16H2,1H3,(H,28,33)(H,29,32)(H,30,31). The van der Waals surface area contributed by atoms with Crippen molar-refractivity contribution in [3.8, 4) is 11.1 Å². The second-order valence-corrected chi connectivity index (χ2v) is 8.19. The SMILES string of the molecule is COC(CNC(=O)OCC1c2ccccc2-c2ccccc21)C(=O)Nc1cccc(CC(=O)O)c1. The normalized spacial score (nSPS) is 12.8. The number of fused-ring (bicyclic) bond motifs is 3. The molecule has 180 valence electrons. The van der Waals surface area contributed by atoms with E-state index in [1.165, 1.54) is 7.11 Å². The van der Waals surface area contributed by atoms with Gasteiger partial charge in [0.05, 0.1) is 13.0 Å². The number of hydrogen-bond acceptors (Lipinski definition) is 5.